The van der Waals surface area contributed by atoms with Crippen LogP contribution in [-0.2, 0) is 11.3 Å². The molecule has 7 nitrogen and oxygen atoms in total. The molecule has 142 valence electrons. The van der Waals surface area contributed by atoms with Gasteiger partial charge in [-0.05, 0) is 43.4 Å². The molecule has 7 heteroatoms. The monoisotopic (exact) mass is 359 g/mol. The number of primary amides is 1. The van der Waals surface area contributed by atoms with Gasteiger partial charge in [0.05, 0.1) is 6.54 Å². The van der Waals surface area contributed by atoms with Crippen molar-refractivity contribution in [3.8, 4) is 0 Å². The van der Waals surface area contributed by atoms with Crippen LogP contribution in [0.5, 0.6) is 0 Å². The summed E-state index contributed by atoms with van der Waals surface area (Å²) in [5, 5.41) is 6.03. The quantitative estimate of drug-likeness (QED) is 0.523. The minimum Gasteiger partial charge on any atom is -0.366 e. The predicted octanol–water partition coefficient (Wildman–Crippen LogP) is 1.10. The molecule has 1 aliphatic heterocycles. The van der Waals surface area contributed by atoms with Crippen LogP contribution in [0.3, 0.4) is 0 Å². The normalized spacial score (nSPS) is 15.6. The van der Waals surface area contributed by atoms with Crippen LogP contribution >= 0.6 is 0 Å². The molecule has 1 heterocycles. The zero-order valence-electron chi connectivity index (χ0n) is 15.6. The largest absolute Gasteiger partial charge is 0.366 e. The molecule has 1 saturated heterocycles. The molecule has 0 spiro atoms. The van der Waals surface area contributed by atoms with E-state index in [0.717, 1.165) is 44.0 Å². The summed E-state index contributed by atoms with van der Waals surface area (Å²) in [4.78, 5) is 29.8. The summed E-state index contributed by atoms with van der Waals surface area (Å²) in [6.07, 6.45) is 2.56. The van der Waals surface area contributed by atoms with Crippen molar-refractivity contribution in [2.75, 3.05) is 26.7 Å². The van der Waals surface area contributed by atoms with E-state index in [-0.39, 0.29) is 5.91 Å². The van der Waals surface area contributed by atoms with Crippen LogP contribution in [-0.4, -0.2) is 49.4 Å². The summed E-state index contributed by atoms with van der Waals surface area (Å²) in [7, 11) is 1.68. The number of amides is 2. The summed E-state index contributed by atoms with van der Waals surface area (Å²) < 4.78 is 0. The minimum atomic E-state index is -0.430. The van der Waals surface area contributed by atoms with Crippen LogP contribution in [0.2, 0.25) is 0 Å². The fourth-order valence-electron chi connectivity index (χ4n) is 3.13. The van der Waals surface area contributed by atoms with Gasteiger partial charge in [-0.1, -0.05) is 12.1 Å². The van der Waals surface area contributed by atoms with Crippen molar-refractivity contribution in [3.05, 3.63) is 35.4 Å². The van der Waals surface area contributed by atoms with Crippen molar-refractivity contribution in [1.82, 2.24) is 15.5 Å². The van der Waals surface area contributed by atoms with E-state index in [0.29, 0.717) is 24.4 Å². The second kappa shape index (κ2) is 9.79. The molecule has 0 radical (unpaired) electrons. The lowest BCUT2D eigenvalue weighted by Crippen LogP contribution is -2.46. The topological polar surface area (TPSA) is 99.8 Å². The second-order valence-electron chi connectivity index (χ2n) is 6.54. The Morgan fingerprint density at radius 1 is 1.31 bits per heavy atom. The van der Waals surface area contributed by atoms with Gasteiger partial charge in [0.15, 0.2) is 5.96 Å². The van der Waals surface area contributed by atoms with Crippen LogP contribution < -0.4 is 16.4 Å². The first kappa shape index (κ1) is 19.8. The number of hydrogen-bond acceptors (Lipinski definition) is 3. The Morgan fingerprint density at radius 2 is 2.04 bits per heavy atom. The van der Waals surface area contributed by atoms with Crippen LogP contribution in [0.4, 0.5) is 0 Å². The van der Waals surface area contributed by atoms with Crippen molar-refractivity contribution in [2.45, 2.75) is 32.7 Å². The summed E-state index contributed by atoms with van der Waals surface area (Å²) >= 11 is 0. The number of aliphatic imine (C=N–C) groups is 1. The number of hydrogen-bond donors (Lipinski definition) is 3. The number of guanidine groups is 1. The Morgan fingerprint density at radius 3 is 2.65 bits per heavy atom. The highest BCUT2D eigenvalue weighted by Crippen LogP contribution is 2.20. The number of piperidine rings is 1. The molecule has 0 saturated carbocycles. The summed E-state index contributed by atoms with van der Waals surface area (Å²) in [6, 6.07) is 7.25. The molecule has 2 amide bonds. The van der Waals surface area contributed by atoms with E-state index in [2.05, 4.69) is 15.5 Å². The smallest absolute Gasteiger partial charge is 0.248 e. The number of carbonyl (C=O) groups is 2. The van der Waals surface area contributed by atoms with Crippen molar-refractivity contribution in [1.29, 1.82) is 0 Å². The number of likely N-dealkylation sites (tertiary alicyclic amines) is 1. The lowest BCUT2D eigenvalue weighted by atomic mass is 9.93. The Hall–Kier alpha value is -2.57. The van der Waals surface area contributed by atoms with Gasteiger partial charge >= 0.3 is 0 Å². The van der Waals surface area contributed by atoms with Crippen LogP contribution in [0.25, 0.3) is 0 Å². The summed E-state index contributed by atoms with van der Waals surface area (Å²) in [5.41, 5.74) is 6.78. The Kier molecular flexibility index (Phi) is 7.44. The Labute approximate surface area is 155 Å². The summed E-state index contributed by atoms with van der Waals surface area (Å²) in [5.74, 6) is 0.982. The van der Waals surface area contributed by atoms with E-state index in [4.69, 9.17) is 10.7 Å². The number of benzene rings is 1. The van der Waals surface area contributed by atoms with E-state index in [1.165, 1.54) is 0 Å². The fraction of sp³-hybridized carbons (Fsp3) is 0.526. The third-order valence-corrected chi connectivity index (χ3v) is 4.62. The predicted molar refractivity (Wildman–Crippen MR) is 103 cm³/mol. The van der Waals surface area contributed by atoms with Gasteiger partial charge in [-0.2, -0.15) is 0 Å². The van der Waals surface area contributed by atoms with Gasteiger partial charge in [-0.15, -0.1) is 0 Å². The highest BCUT2D eigenvalue weighted by Gasteiger charge is 2.23. The molecule has 2 rings (SSSR count). The maximum atomic E-state index is 11.5. The third kappa shape index (κ3) is 5.75. The van der Waals surface area contributed by atoms with Crippen LogP contribution in [0.15, 0.2) is 29.3 Å². The van der Waals surface area contributed by atoms with E-state index in [1.807, 2.05) is 19.1 Å². The van der Waals surface area contributed by atoms with Crippen molar-refractivity contribution < 1.29 is 9.59 Å². The number of rotatable bonds is 6. The van der Waals surface area contributed by atoms with Gasteiger partial charge in [-0.25, -0.2) is 4.99 Å². The van der Waals surface area contributed by atoms with Crippen molar-refractivity contribution >= 4 is 17.8 Å². The lowest BCUT2D eigenvalue weighted by Gasteiger charge is -2.34. The van der Waals surface area contributed by atoms with Crippen LogP contribution in [0.1, 0.15) is 42.1 Å². The minimum absolute atomic E-state index is 0.110. The number of carbonyl (C=O) groups excluding carboxylic acids is 2. The molecule has 0 aliphatic carbocycles. The Bertz CT molecular complexity index is 651. The summed E-state index contributed by atoms with van der Waals surface area (Å²) in [6.45, 7) is 5.09. The van der Waals surface area contributed by atoms with Gasteiger partial charge in [-0.3, -0.25) is 9.59 Å². The van der Waals surface area contributed by atoms with E-state index >= 15 is 0 Å². The maximum absolute atomic E-state index is 11.5. The average Bonchev–Trinajstić information content (AvgIpc) is 2.66. The van der Waals surface area contributed by atoms with Gasteiger partial charge in [0.1, 0.15) is 0 Å². The maximum Gasteiger partial charge on any atom is 0.248 e. The third-order valence-electron chi connectivity index (χ3n) is 4.62. The molecule has 26 heavy (non-hydrogen) atoms. The van der Waals surface area contributed by atoms with E-state index in [9.17, 15) is 9.59 Å². The highest BCUT2D eigenvalue weighted by atomic mass is 16.1. The fourth-order valence-corrected chi connectivity index (χ4v) is 3.13. The van der Waals surface area contributed by atoms with E-state index in [1.54, 1.807) is 19.2 Å². The number of nitrogens with one attached hydrogen (secondary N) is 2. The van der Waals surface area contributed by atoms with Crippen LogP contribution in [0, 0.1) is 5.92 Å². The molecule has 1 aromatic rings. The molecule has 0 bridgehead atoms. The molecule has 0 atom stereocenters. The SMILES string of the molecule is CCNC(=NCc1cccc(C(N)=O)c1)N1CCC(CC(=O)NC)CC1. The molecule has 4 N–H and O–H groups in total. The number of nitrogens with two attached hydrogens (primary N) is 1. The standard InChI is InChI=1S/C19H29N5O2/c1-3-22-19(23-13-15-5-4-6-16(11-15)18(20)26)24-9-7-14(8-10-24)12-17(25)21-2/h4-6,11,14H,3,7-10,12-13H2,1-2H3,(H2,20,26)(H,21,25)(H,22,23). The zero-order chi connectivity index (χ0) is 18.9. The van der Waals surface area contributed by atoms with Gasteiger partial charge in [0, 0.05) is 38.7 Å². The van der Waals surface area contributed by atoms with Gasteiger partial charge in [0.25, 0.3) is 0 Å². The first-order valence-electron chi connectivity index (χ1n) is 9.16. The first-order chi connectivity index (χ1) is 12.5. The highest BCUT2D eigenvalue weighted by molar-refractivity contribution is 5.92. The van der Waals surface area contributed by atoms with E-state index < -0.39 is 5.91 Å². The lowest BCUT2D eigenvalue weighted by molar-refractivity contribution is -0.121. The number of nitrogens with zero attached hydrogens (tertiary/aromatic N) is 2. The Balaban J connectivity index is 1.98. The molecule has 0 unspecified atom stereocenters. The average molecular weight is 359 g/mol. The van der Waals surface area contributed by atoms with Crippen molar-refractivity contribution in [2.24, 2.45) is 16.6 Å². The van der Waals surface area contributed by atoms with Gasteiger partial charge in [0.2, 0.25) is 11.8 Å². The second-order valence-corrected chi connectivity index (χ2v) is 6.54. The molecular weight excluding hydrogens is 330 g/mol. The molecule has 1 aliphatic rings. The zero-order valence-corrected chi connectivity index (χ0v) is 15.6. The molecule has 0 aromatic heterocycles. The molecule has 1 aromatic carbocycles. The molecular formula is C19H29N5O2. The molecule has 1 fully saturated rings. The van der Waals surface area contributed by atoms with Crippen molar-refractivity contribution in [3.63, 3.8) is 0 Å². The first-order valence-corrected chi connectivity index (χ1v) is 9.16. The van der Waals surface area contributed by atoms with Gasteiger partial charge < -0.3 is 21.3 Å².